The third-order valence-corrected chi connectivity index (χ3v) is 4.93. The molecule has 0 saturated heterocycles. The lowest BCUT2D eigenvalue weighted by atomic mass is 10.1. The van der Waals surface area contributed by atoms with Crippen molar-refractivity contribution in [3.8, 4) is 0 Å². The summed E-state index contributed by atoms with van der Waals surface area (Å²) in [5, 5.41) is 9.99. The molecule has 168 valence electrons. The van der Waals surface area contributed by atoms with Crippen LogP contribution in [0.2, 0.25) is 0 Å². The fourth-order valence-electron chi connectivity index (χ4n) is 3.24. The number of rotatable bonds is 13. The maximum Gasteiger partial charge on any atom is 0.332 e. The first kappa shape index (κ1) is 23.8. The molecule has 0 amide bonds. The summed E-state index contributed by atoms with van der Waals surface area (Å²) in [6, 6.07) is 26.1. The van der Waals surface area contributed by atoms with Crippen LogP contribution in [0.25, 0.3) is 0 Å². The highest BCUT2D eigenvalue weighted by molar-refractivity contribution is 5.74. The molecule has 0 aromatic heterocycles. The highest BCUT2D eigenvalue weighted by atomic mass is 19.1. The molecule has 32 heavy (non-hydrogen) atoms. The van der Waals surface area contributed by atoms with Gasteiger partial charge in [0.25, 0.3) is 0 Å². The van der Waals surface area contributed by atoms with Gasteiger partial charge < -0.3 is 19.3 Å². The second-order valence-corrected chi connectivity index (χ2v) is 7.30. The first-order chi connectivity index (χ1) is 15.7. The zero-order valence-corrected chi connectivity index (χ0v) is 17.7. The lowest BCUT2D eigenvalue weighted by molar-refractivity contribution is -0.180. The van der Waals surface area contributed by atoms with Crippen molar-refractivity contribution in [3.63, 3.8) is 0 Å². The van der Waals surface area contributed by atoms with E-state index in [9.17, 15) is 14.3 Å². The van der Waals surface area contributed by atoms with E-state index in [4.69, 9.17) is 14.2 Å². The molecular weight excluding hydrogens is 411 g/mol. The fourth-order valence-corrected chi connectivity index (χ4v) is 3.24. The third-order valence-electron chi connectivity index (χ3n) is 4.93. The minimum atomic E-state index is -1.68. The summed E-state index contributed by atoms with van der Waals surface area (Å²) in [4.78, 5) is 11.9. The molecule has 0 bridgehead atoms. The number of carbonyl (C=O) groups is 1. The van der Waals surface area contributed by atoms with E-state index in [0.717, 1.165) is 16.7 Å². The number of ether oxygens (including phenoxy) is 3. The van der Waals surface area contributed by atoms with Gasteiger partial charge in [-0.2, -0.15) is 4.39 Å². The smallest absolute Gasteiger partial charge is 0.332 e. The van der Waals surface area contributed by atoms with Crippen LogP contribution in [0, 0.1) is 0 Å². The standard InChI is InChI=1S/C26H27FO5/c27-26(29)25(32-19-22-14-8-3-9-15-22)24(31-18-21-12-6-2-7-13-21)23(16-28)30-17-20-10-4-1-5-11-20/h1-15,23-25,28H,16-19H2/t23-,24+,25-/m1/s1. The molecule has 3 aromatic carbocycles. The predicted octanol–water partition coefficient (Wildman–Crippen LogP) is 4.23. The molecule has 3 aromatic rings. The van der Waals surface area contributed by atoms with Gasteiger partial charge in [-0.05, 0) is 16.7 Å². The van der Waals surface area contributed by atoms with E-state index < -0.39 is 31.0 Å². The normalized spacial score (nSPS) is 13.9. The lowest BCUT2D eigenvalue weighted by Crippen LogP contribution is -2.47. The molecule has 1 N–H and O–H groups in total. The Morgan fingerprint density at radius 2 is 1.09 bits per heavy atom. The maximum absolute atomic E-state index is 14.1. The fraction of sp³-hybridized carbons (Fsp3) is 0.269. The van der Waals surface area contributed by atoms with E-state index in [1.807, 2.05) is 91.0 Å². The van der Waals surface area contributed by atoms with E-state index in [2.05, 4.69) is 0 Å². The summed E-state index contributed by atoms with van der Waals surface area (Å²) in [7, 11) is 0. The summed E-state index contributed by atoms with van der Waals surface area (Å²) in [6.07, 6.45) is -3.67. The molecule has 0 heterocycles. The van der Waals surface area contributed by atoms with E-state index in [-0.39, 0.29) is 19.8 Å². The van der Waals surface area contributed by atoms with Crippen molar-refractivity contribution in [2.45, 2.75) is 38.1 Å². The van der Waals surface area contributed by atoms with Crippen LogP contribution in [0.15, 0.2) is 91.0 Å². The highest BCUT2D eigenvalue weighted by Gasteiger charge is 2.37. The van der Waals surface area contributed by atoms with Crippen molar-refractivity contribution < 1.29 is 28.5 Å². The molecular formula is C26H27FO5. The molecule has 0 spiro atoms. The van der Waals surface area contributed by atoms with E-state index in [0.29, 0.717) is 0 Å². The largest absolute Gasteiger partial charge is 0.394 e. The molecule has 0 aliphatic carbocycles. The van der Waals surface area contributed by atoms with Crippen LogP contribution in [0.3, 0.4) is 0 Å². The second kappa shape index (κ2) is 12.8. The van der Waals surface area contributed by atoms with Crippen LogP contribution in [0.4, 0.5) is 4.39 Å². The van der Waals surface area contributed by atoms with Crippen molar-refractivity contribution >= 4 is 6.04 Å². The average molecular weight is 438 g/mol. The van der Waals surface area contributed by atoms with Gasteiger partial charge in [0.2, 0.25) is 0 Å². The maximum atomic E-state index is 14.1. The number of halogens is 1. The Balaban J connectivity index is 1.76. The van der Waals surface area contributed by atoms with E-state index >= 15 is 0 Å². The number of hydrogen-bond acceptors (Lipinski definition) is 5. The molecule has 3 rings (SSSR count). The van der Waals surface area contributed by atoms with E-state index in [1.165, 1.54) is 0 Å². The Bertz CT molecular complexity index is 921. The van der Waals surface area contributed by atoms with Crippen LogP contribution in [-0.2, 0) is 38.8 Å². The quantitative estimate of drug-likeness (QED) is 0.405. The average Bonchev–Trinajstić information content (AvgIpc) is 2.84. The molecule has 0 fully saturated rings. The number of aliphatic hydroxyl groups excluding tert-OH is 1. The Morgan fingerprint density at radius 3 is 1.50 bits per heavy atom. The van der Waals surface area contributed by atoms with Gasteiger partial charge in [0.05, 0.1) is 26.4 Å². The zero-order valence-electron chi connectivity index (χ0n) is 17.7. The van der Waals surface area contributed by atoms with Crippen LogP contribution in [-0.4, -0.2) is 36.1 Å². The molecule has 0 aliphatic rings. The van der Waals surface area contributed by atoms with Gasteiger partial charge in [-0.3, -0.25) is 4.79 Å². The minimum Gasteiger partial charge on any atom is -0.394 e. The van der Waals surface area contributed by atoms with Gasteiger partial charge in [0, 0.05) is 0 Å². The van der Waals surface area contributed by atoms with Gasteiger partial charge in [-0.25, -0.2) is 0 Å². The van der Waals surface area contributed by atoms with Gasteiger partial charge in [-0.1, -0.05) is 91.0 Å². The van der Waals surface area contributed by atoms with Crippen molar-refractivity contribution in [2.75, 3.05) is 6.61 Å². The lowest BCUT2D eigenvalue weighted by Gasteiger charge is -2.30. The van der Waals surface area contributed by atoms with Crippen LogP contribution in [0.1, 0.15) is 16.7 Å². The van der Waals surface area contributed by atoms with Gasteiger partial charge in [0.15, 0.2) is 6.10 Å². The second-order valence-electron chi connectivity index (χ2n) is 7.30. The van der Waals surface area contributed by atoms with E-state index in [1.54, 1.807) is 0 Å². The van der Waals surface area contributed by atoms with Crippen molar-refractivity contribution in [2.24, 2.45) is 0 Å². The third kappa shape index (κ3) is 7.35. The Kier molecular flexibility index (Phi) is 9.53. The predicted molar refractivity (Wildman–Crippen MR) is 118 cm³/mol. The molecule has 6 heteroatoms. The first-order valence-electron chi connectivity index (χ1n) is 10.4. The first-order valence-corrected chi connectivity index (χ1v) is 10.4. The molecule has 0 radical (unpaired) electrons. The zero-order chi connectivity index (χ0) is 22.6. The minimum absolute atomic E-state index is 0.0171. The summed E-state index contributed by atoms with van der Waals surface area (Å²) < 4.78 is 31.5. The molecule has 3 atom stereocenters. The summed E-state index contributed by atoms with van der Waals surface area (Å²) in [6.45, 7) is -0.174. The summed E-state index contributed by atoms with van der Waals surface area (Å²) >= 11 is 0. The summed E-state index contributed by atoms with van der Waals surface area (Å²) in [5.74, 6) is 0. The van der Waals surface area contributed by atoms with Crippen molar-refractivity contribution in [3.05, 3.63) is 108 Å². The van der Waals surface area contributed by atoms with Gasteiger partial charge in [0.1, 0.15) is 12.2 Å². The van der Waals surface area contributed by atoms with Crippen LogP contribution >= 0.6 is 0 Å². The molecule has 0 aliphatic heterocycles. The monoisotopic (exact) mass is 438 g/mol. The number of aliphatic hydroxyl groups is 1. The number of benzene rings is 3. The van der Waals surface area contributed by atoms with Crippen molar-refractivity contribution in [1.29, 1.82) is 0 Å². The van der Waals surface area contributed by atoms with Crippen LogP contribution in [0.5, 0.6) is 0 Å². The van der Waals surface area contributed by atoms with Crippen LogP contribution < -0.4 is 0 Å². The van der Waals surface area contributed by atoms with Gasteiger partial charge >= 0.3 is 6.04 Å². The van der Waals surface area contributed by atoms with Crippen molar-refractivity contribution in [1.82, 2.24) is 0 Å². The van der Waals surface area contributed by atoms with Gasteiger partial charge in [-0.15, -0.1) is 0 Å². The highest BCUT2D eigenvalue weighted by Crippen LogP contribution is 2.19. The number of hydrogen-bond donors (Lipinski definition) is 1. The Labute approximate surface area is 187 Å². The number of carbonyl (C=O) groups excluding carboxylic acids is 1. The Morgan fingerprint density at radius 1 is 0.688 bits per heavy atom. The molecule has 0 saturated carbocycles. The SMILES string of the molecule is O=C(F)[C@H](OCc1ccccc1)[C@@H](OCc1ccccc1)[C@@H](CO)OCc1ccccc1. The topological polar surface area (TPSA) is 65.0 Å². The molecule has 0 unspecified atom stereocenters. The Hall–Kier alpha value is -2.90. The summed E-state index contributed by atoms with van der Waals surface area (Å²) in [5.41, 5.74) is 2.50. The molecule has 5 nitrogen and oxygen atoms in total.